The summed E-state index contributed by atoms with van der Waals surface area (Å²) in [5, 5.41) is 4.26. The van der Waals surface area contributed by atoms with Crippen LogP contribution in [0.4, 0.5) is 5.69 Å². The Morgan fingerprint density at radius 3 is 2.40 bits per heavy atom. The lowest BCUT2D eigenvalue weighted by molar-refractivity contribution is -0.128. The molecule has 0 spiro atoms. The maximum absolute atomic E-state index is 13.6. The van der Waals surface area contributed by atoms with Crippen LogP contribution in [-0.2, 0) is 23.2 Å². The van der Waals surface area contributed by atoms with Crippen molar-refractivity contribution in [2.24, 2.45) is 0 Å². The number of amides is 2. The maximum atomic E-state index is 13.6. The van der Waals surface area contributed by atoms with Gasteiger partial charge in [-0.15, -0.1) is 0 Å². The van der Waals surface area contributed by atoms with Crippen LogP contribution in [0, 0.1) is 0 Å². The summed E-state index contributed by atoms with van der Waals surface area (Å²) in [6, 6.07) is 22.6. The van der Waals surface area contributed by atoms with E-state index in [4.69, 9.17) is 16.0 Å². The van der Waals surface area contributed by atoms with Crippen LogP contribution < -0.4 is 15.6 Å². The third-order valence-corrected chi connectivity index (χ3v) is 9.46. The molecule has 7 nitrogen and oxygen atoms in total. The first kappa shape index (κ1) is 32.6. The summed E-state index contributed by atoms with van der Waals surface area (Å²) in [5.41, 5.74) is 5.72. The number of halogens is 1. The Bertz CT molecular complexity index is 1860. The zero-order valence-electron chi connectivity index (χ0n) is 27.4. The molecule has 0 aliphatic carbocycles. The number of carbonyl (C=O) groups is 2. The molecule has 0 radical (unpaired) electrons. The van der Waals surface area contributed by atoms with Crippen LogP contribution in [0.15, 0.2) is 93.7 Å². The number of carbonyl (C=O) groups excluding carboxylic acids is 2. The molecule has 0 saturated carbocycles. The van der Waals surface area contributed by atoms with E-state index in [1.165, 1.54) is 22.9 Å². The van der Waals surface area contributed by atoms with E-state index in [0.29, 0.717) is 35.4 Å². The van der Waals surface area contributed by atoms with Gasteiger partial charge < -0.3 is 19.5 Å². The Balaban J connectivity index is 1.19. The standard InChI is InChI=1S/C39H42ClN3O4/c1-39(2,3)29-12-15-35-32(23-29)34(44)24-36(47-35)38(46)41-31(21-26-10-13-30(40)14-11-26)22-27-16-19-42(20-17-27)33-8-5-4-7-28(33)25-43-18-6-9-37(43)45/h4-5,7-8,10-15,22-24,31H,6,9,16-21,25H2,1-3H3,(H,41,46)/t31-/m0/s1. The van der Waals surface area contributed by atoms with Crippen LogP contribution in [0.1, 0.15) is 73.7 Å². The van der Waals surface area contributed by atoms with Crippen molar-refractivity contribution in [3.8, 4) is 0 Å². The first-order chi connectivity index (χ1) is 22.5. The second-order valence-corrected chi connectivity index (χ2v) is 14.1. The highest BCUT2D eigenvalue weighted by Gasteiger charge is 2.24. The molecule has 1 N–H and O–H groups in total. The van der Waals surface area contributed by atoms with E-state index in [9.17, 15) is 14.4 Å². The number of rotatable bonds is 8. The third kappa shape index (κ3) is 7.79. The van der Waals surface area contributed by atoms with Crippen molar-refractivity contribution in [3.05, 3.63) is 122 Å². The van der Waals surface area contributed by atoms with Crippen molar-refractivity contribution in [3.63, 3.8) is 0 Å². The van der Waals surface area contributed by atoms with Gasteiger partial charge in [-0.2, -0.15) is 0 Å². The predicted octanol–water partition coefficient (Wildman–Crippen LogP) is 7.43. The van der Waals surface area contributed by atoms with E-state index in [2.05, 4.69) is 55.3 Å². The van der Waals surface area contributed by atoms with Crippen LogP contribution in [0.3, 0.4) is 0 Å². The number of para-hydroxylation sites is 1. The summed E-state index contributed by atoms with van der Waals surface area (Å²) >= 11 is 6.15. The summed E-state index contributed by atoms with van der Waals surface area (Å²) in [7, 11) is 0. The molecule has 3 aromatic carbocycles. The molecule has 1 aromatic heterocycles. The molecule has 2 fully saturated rings. The number of nitrogens with zero attached hydrogens (tertiary/aromatic N) is 2. The Labute approximate surface area is 281 Å². The Kier molecular flexibility index (Phi) is 9.55. The molecule has 0 bridgehead atoms. The summed E-state index contributed by atoms with van der Waals surface area (Å²) in [5.74, 6) is -0.203. The molecule has 47 heavy (non-hydrogen) atoms. The molecule has 2 saturated heterocycles. The van der Waals surface area contributed by atoms with Crippen LogP contribution >= 0.6 is 11.6 Å². The second-order valence-electron chi connectivity index (χ2n) is 13.7. The van der Waals surface area contributed by atoms with Crippen LogP contribution in [-0.4, -0.2) is 42.4 Å². The van der Waals surface area contributed by atoms with Crippen molar-refractivity contribution >= 4 is 40.1 Å². The summed E-state index contributed by atoms with van der Waals surface area (Å²) in [4.78, 5) is 43.3. The number of nitrogens with one attached hydrogen (secondary N) is 1. The highest BCUT2D eigenvalue weighted by atomic mass is 35.5. The molecule has 1 atom stereocenters. The Morgan fingerprint density at radius 1 is 0.957 bits per heavy atom. The van der Waals surface area contributed by atoms with Gasteiger partial charge in [0.05, 0.1) is 11.4 Å². The highest BCUT2D eigenvalue weighted by molar-refractivity contribution is 6.30. The zero-order chi connectivity index (χ0) is 33.1. The summed E-state index contributed by atoms with van der Waals surface area (Å²) in [6.45, 7) is 9.42. The van der Waals surface area contributed by atoms with Crippen LogP contribution in [0.25, 0.3) is 11.0 Å². The molecule has 2 amide bonds. The van der Waals surface area contributed by atoms with E-state index >= 15 is 0 Å². The van der Waals surface area contributed by atoms with Crippen molar-refractivity contribution in [1.29, 1.82) is 0 Å². The van der Waals surface area contributed by atoms with E-state index in [1.54, 1.807) is 6.07 Å². The van der Waals surface area contributed by atoms with E-state index in [0.717, 1.165) is 50.0 Å². The van der Waals surface area contributed by atoms with Gasteiger partial charge in [0, 0.05) is 49.4 Å². The van der Waals surface area contributed by atoms with E-state index < -0.39 is 5.91 Å². The quantitative estimate of drug-likeness (QED) is 0.200. The number of benzene rings is 3. The molecule has 3 heterocycles. The SMILES string of the molecule is CC(C)(C)c1ccc2oc(C(=O)N[C@H](C=C3CCN(c4ccccc4CN4CCCC4=O)CC3)Cc3ccc(Cl)cc3)cc(=O)c2c1. The molecule has 0 unspecified atom stereocenters. The van der Waals surface area contributed by atoms with Gasteiger partial charge in [-0.3, -0.25) is 14.4 Å². The van der Waals surface area contributed by atoms with Gasteiger partial charge in [0.15, 0.2) is 11.2 Å². The lowest BCUT2D eigenvalue weighted by atomic mass is 9.86. The Hall–Kier alpha value is -4.36. The summed E-state index contributed by atoms with van der Waals surface area (Å²) in [6.07, 6.45) is 6.00. The smallest absolute Gasteiger partial charge is 0.287 e. The average Bonchev–Trinajstić information content (AvgIpc) is 3.45. The number of hydrogen-bond donors (Lipinski definition) is 1. The fraction of sp³-hybridized carbons (Fsp3) is 0.359. The monoisotopic (exact) mass is 651 g/mol. The Morgan fingerprint density at radius 2 is 1.70 bits per heavy atom. The number of likely N-dealkylation sites (tertiary alicyclic amines) is 1. The largest absolute Gasteiger partial charge is 0.451 e. The average molecular weight is 652 g/mol. The van der Waals surface area contributed by atoms with E-state index in [1.807, 2.05) is 47.4 Å². The van der Waals surface area contributed by atoms with E-state index in [-0.39, 0.29) is 28.6 Å². The second kappa shape index (κ2) is 13.8. The van der Waals surface area contributed by atoms with Crippen LogP contribution in [0.2, 0.25) is 5.02 Å². The van der Waals surface area contributed by atoms with Gasteiger partial charge in [0.25, 0.3) is 5.91 Å². The first-order valence-corrected chi connectivity index (χ1v) is 16.9. The normalized spacial score (nSPS) is 16.1. The zero-order valence-corrected chi connectivity index (χ0v) is 28.1. The van der Waals surface area contributed by atoms with Gasteiger partial charge in [-0.25, -0.2) is 0 Å². The van der Waals surface area contributed by atoms with Crippen molar-refractivity contribution in [1.82, 2.24) is 10.2 Å². The molecule has 244 valence electrons. The number of anilines is 1. The molecule has 4 aromatic rings. The fourth-order valence-corrected chi connectivity index (χ4v) is 6.64. The summed E-state index contributed by atoms with van der Waals surface area (Å²) < 4.78 is 5.98. The van der Waals surface area contributed by atoms with Crippen molar-refractivity contribution < 1.29 is 14.0 Å². The minimum Gasteiger partial charge on any atom is -0.451 e. The van der Waals surface area contributed by atoms with Crippen molar-refractivity contribution in [2.45, 2.75) is 70.9 Å². The molecule has 8 heteroatoms. The van der Waals surface area contributed by atoms with Crippen LogP contribution in [0.5, 0.6) is 0 Å². The number of hydrogen-bond acceptors (Lipinski definition) is 5. The number of piperidine rings is 1. The highest BCUT2D eigenvalue weighted by Crippen LogP contribution is 2.29. The fourth-order valence-electron chi connectivity index (χ4n) is 6.52. The minimum atomic E-state index is -0.428. The van der Waals surface area contributed by atoms with Gasteiger partial charge in [0.1, 0.15) is 5.58 Å². The van der Waals surface area contributed by atoms with Gasteiger partial charge in [-0.1, -0.05) is 80.4 Å². The maximum Gasteiger partial charge on any atom is 0.287 e. The predicted molar refractivity (Wildman–Crippen MR) is 188 cm³/mol. The molecular formula is C39H42ClN3O4. The minimum absolute atomic E-state index is 0.00609. The third-order valence-electron chi connectivity index (χ3n) is 9.21. The number of fused-ring (bicyclic) bond motifs is 1. The topological polar surface area (TPSA) is 82.9 Å². The first-order valence-electron chi connectivity index (χ1n) is 16.5. The van der Waals surface area contributed by atoms with Gasteiger partial charge >= 0.3 is 0 Å². The molecule has 2 aliphatic heterocycles. The van der Waals surface area contributed by atoms with Gasteiger partial charge in [0.2, 0.25) is 5.91 Å². The molecule has 2 aliphatic rings. The molecular weight excluding hydrogens is 610 g/mol. The lowest BCUT2D eigenvalue weighted by Gasteiger charge is -2.33. The molecule has 6 rings (SSSR count). The lowest BCUT2D eigenvalue weighted by Crippen LogP contribution is -2.37. The van der Waals surface area contributed by atoms with Gasteiger partial charge in [-0.05, 0) is 78.1 Å². The van der Waals surface area contributed by atoms with Crippen molar-refractivity contribution in [2.75, 3.05) is 24.5 Å².